The fourth-order valence-corrected chi connectivity index (χ4v) is 1.73. The summed E-state index contributed by atoms with van der Waals surface area (Å²) in [5, 5.41) is 0. The van der Waals surface area contributed by atoms with Gasteiger partial charge in [-0.2, -0.15) is 0 Å². The Morgan fingerprint density at radius 1 is 0.619 bits per heavy atom. The van der Waals surface area contributed by atoms with Gasteiger partial charge >= 0.3 is 0 Å². The Labute approximate surface area is 120 Å². The Morgan fingerprint density at radius 3 is 1.52 bits per heavy atom. The zero-order valence-corrected chi connectivity index (χ0v) is 11.2. The smallest absolute Gasteiger partial charge is 0.198 e. The standard InChI is InChI=1S/C17H12F4/c1-11-7-9-13(10-8-11)15(19)17(21)16(20)14(18)12-5-3-2-4-6-12/h2-10H,1H3/b16-14+,17-15+. The molecule has 2 aromatic carbocycles. The fourth-order valence-electron chi connectivity index (χ4n) is 1.73. The first-order chi connectivity index (χ1) is 10.0. The molecule has 0 aromatic heterocycles. The molecular formula is C17H12F4. The Bertz CT molecular complexity index is 682. The molecule has 0 aliphatic carbocycles. The van der Waals surface area contributed by atoms with E-state index in [-0.39, 0.29) is 11.1 Å². The van der Waals surface area contributed by atoms with Crippen LogP contribution in [0.15, 0.2) is 66.3 Å². The van der Waals surface area contributed by atoms with Crippen molar-refractivity contribution in [3.63, 3.8) is 0 Å². The Morgan fingerprint density at radius 2 is 1.05 bits per heavy atom. The molecule has 0 amide bonds. The molecule has 2 aromatic rings. The third-order valence-corrected chi connectivity index (χ3v) is 2.91. The van der Waals surface area contributed by atoms with Gasteiger partial charge in [0.1, 0.15) is 0 Å². The van der Waals surface area contributed by atoms with Crippen molar-refractivity contribution >= 4 is 11.7 Å². The lowest BCUT2D eigenvalue weighted by Gasteiger charge is -2.03. The second-order valence-corrected chi connectivity index (χ2v) is 4.49. The zero-order chi connectivity index (χ0) is 15.4. The van der Waals surface area contributed by atoms with E-state index in [4.69, 9.17) is 0 Å². The van der Waals surface area contributed by atoms with Gasteiger partial charge in [-0.05, 0) is 6.92 Å². The molecule has 108 valence electrons. The third kappa shape index (κ3) is 3.40. The molecule has 0 aliphatic heterocycles. The van der Waals surface area contributed by atoms with Gasteiger partial charge in [0.15, 0.2) is 23.3 Å². The Kier molecular flexibility index (Phi) is 4.58. The van der Waals surface area contributed by atoms with Gasteiger partial charge in [-0.1, -0.05) is 60.2 Å². The van der Waals surface area contributed by atoms with Crippen LogP contribution >= 0.6 is 0 Å². The number of allylic oxidation sites excluding steroid dienone is 2. The summed E-state index contributed by atoms with van der Waals surface area (Å²) in [6.45, 7) is 1.78. The van der Waals surface area contributed by atoms with Crippen LogP contribution in [0.3, 0.4) is 0 Å². The SMILES string of the molecule is Cc1ccc(/C(F)=C(F)/C(F)=C(\F)c2ccccc2)cc1. The average Bonchev–Trinajstić information content (AvgIpc) is 2.53. The zero-order valence-electron chi connectivity index (χ0n) is 11.2. The molecule has 2 rings (SSSR count). The van der Waals surface area contributed by atoms with Crippen molar-refractivity contribution in [2.24, 2.45) is 0 Å². The van der Waals surface area contributed by atoms with Crippen LogP contribution in [0.2, 0.25) is 0 Å². The van der Waals surface area contributed by atoms with E-state index >= 15 is 0 Å². The molecule has 21 heavy (non-hydrogen) atoms. The van der Waals surface area contributed by atoms with Crippen LogP contribution in [0.4, 0.5) is 17.6 Å². The third-order valence-electron chi connectivity index (χ3n) is 2.91. The first kappa shape index (κ1) is 15.0. The maximum Gasteiger partial charge on any atom is 0.198 e. The van der Waals surface area contributed by atoms with Gasteiger partial charge in [0, 0.05) is 11.1 Å². The molecule has 0 saturated carbocycles. The number of hydrogen-bond donors (Lipinski definition) is 0. The number of benzene rings is 2. The minimum absolute atomic E-state index is 0.144. The predicted octanol–water partition coefficient (Wildman–Crippen LogP) is 5.91. The first-order valence-electron chi connectivity index (χ1n) is 6.24. The van der Waals surface area contributed by atoms with E-state index in [1.165, 1.54) is 36.4 Å². The average molecular weight is 292 g/mol. The quantitative estimate of drug-likeness (QED) is 0.487. The van der Waals surface area contributed by atoms with Crippen LogP contribution in [0.5, 0.6) is 0 Å². The second-order valence-electron chi connectivity index (χ2n) is 4.49. The maximum absolute atomic E-state index is 13.9. The molecule has 0 unspecified atom stereocenters. The Hall–Kier alpha value is -2.36. The number of halogens is 4. The van der Waals surface area contributed by atoms with E-state index in [9.17, 15) is 17.6 Å². The van der Waals surface area contributed by atoms with Crippen molar-refractivity contribution in [2.45, 2.75) is 6.92 Å². The van der Waals surface area contributed by atoms with E-state index in [1.807, 2.05) is 0 Å². The van der Waals surface area contributed by atoms with E-state index in [2.05, 4.69) is 0 Å². The van der Waals surface area contributed by atoms with Crippen molar-refractivity contribution in [2.75, 3.05) is 0 Å². The lowest BCUT2D eigenvalue weighted by Crippen LogP contribution is -1.88. The van der Waals surface area contributed by atoms with Gasteiger partial charge in [0.25, 0.3) is 0 Å². The fraction of sp³-hybridized carbons (Fsp3) is 0.0588. The number of rotatable bonds is 3. The number of hydrogen-bond acceptors (Lipinski definition) is 0. The predicted molar refractivity (Wildman–Crippen MR) is 75.9 cm³/mol. The lowest BCUT2D eigenvalue weighted by atomic mass is 10.1. The minimum atomic E-state index is -1.85. The first-order valence-corrected chi connectivity index (χ1v) is 6.24. The summed E-state index contributed by atoms with van der Waals surface area (Å²) in [7, 11) is 0. The van der Waals surface area contributed by atoms with Crippen molar-refractivity contribution < 1.29 is 17.6 Å². The largest absolute Gasteiger partial charge is 0.203 e. The van der Waals surface area contributed by atoms with Crippen LogP contribution in [0.25, 0.3) is 11.7 Å². The van der Waals surface area contributed by atoms with E-state index in [0.717, 1.165) is 5.56 Å². The lowest BCUT2D eigenvalue weighted by molar-refractivity contribution is 0.519. The molecule has 0 nitrogen and oxygen atoms in total. The monoisotopic (exact) mass is 292 g/mol. The van der Waals surface area contributed by atoms with Crippen LogP contribution in [-0.2, 0) is 0 Å². The number of aryl methyl sites for hydroxylation is 1. The summed E-state index contributed by atoms with van der Waals surface area (Å²) in [4.78, 5) is 0. The van der Waals surface area contributed by atoms with Crippen molar-refractivity contribution in [3.05, 3.63) is 82.9 Å². The van der Waals surface area contributed by atoms with Gasteiger partial charge < -0.3 is 0 Å². The molecule has 0 radical (unpaired) electrons. The van der Waals surface area contributed by atoms with E-state index in [1.54, 1.807) is 25.1 Å². The second kappa shape index (κ2) is 6.39. The van der Waals surface area contributed by atoms with Crippen LogP contribution < -0.4 is 0 Å². The molecule has 0 saturated heterocycles. The normalized spacial score (nSPS) is 13.6. The molecule has 0 fully saturated rings. The van der Waals surface area contributed by atoms with Gasteiger partial charge in [0.2, 0.25) is 0 Å². The van der Waals surface area contributed by atoms with Crippen LogP contribution in [0, 0.1) is 6.92 Å². The molecular weight excluding hydrogens is 280 g/mol. The van der Waals surface area contributed by atoms with Gasteiger partial charge in [0.05, 0.1) is 0 Å². The highest BCUT2D eigenvalue weighted by atomic mass is 19.2. The minimum Gasteiger partial charge on any atom is -0.203 e. The summed E-state index contributed by atoms with van der Waals surface area (Å²) in [6, 6.07) is 12.8. The van der Waals surface area contributed by atoms with Crippen molar-refractivity contribution in [3.8, 4) is 0 Å². The highest BCUT2D eigenvalue weighted by Gasteiger charge is 2.19. The summed E-state index contributed by atoms with van der Waals surface area (Å²) in [5.41, 5.74) is 0.550. The van der Waals surface area contributed by atoms with Gasteiger partial charge in [-0.3, -0.25) is 0 Å². The molecule has 0 atom stereocenters. The highest BCUT2D eigenvalue weighted by Crippen LogP contribution is 2.32. The molecule has 0 heterocycles. The van der Waals surface area contributed by atoms with Crippen molar-refractivity contribution in [1.82, 2.24) is 0 Å². The molecule has 0 aliphatic rings. The van der Waals surface area contributed by atoms with Crippen LogP contribution in [0.1, 0.15) is 16.7 Å². The maximum atomic E-state index is 13.9. The summed E-state index contributed by atoms with van der Waals surface area (Å²) < 4.78 is 55.1. The Balaban J connectivity index is 2.43. The molecule has 0 N–H and O–H groups in total. The van der Waals surface area contributed by atoms with E-state index in [0.29, 0.717) is 0 Å². The molecule has 0 bridgehead atoms. The summed E-state index contributed by atoms with van der Waals surface area (Å²) in [6.07, 6.45) is 0. The van der Waals surface area contributed by atoms with Gasteiger partial charge in [-0.15, -0.1) is 0 Å². The van der Waals surface area contributed by atoms with Gasteiger partial charge in [-0.25, -0.2) is 17.6 Å². The topological polar surface area (TPSA) is 0 Å². The summed E-state index contributed by atoms with van der Waals surface area (Å²) >= 11 is 0. The van der Waals surface area contributed by atoms with Crippen LogP contribution in [-0.4, -0.2) is 0 Å². The van der Waals surface area contributed by atoms with E-state index < -0.39 is 23.3 Å². The summed E-state index contributed by atoms with van der Waals surface area (Å²) in [5.74, 6) is -6.56. The molecule has 4 heteroatoms. The van der Waals surface area contributed by atoms with Crippen molar-refractivity contribution in [1.29, 1.82) is 0 Å². The molecule has 0 spiro atoms. The highest BCUT2D eigenvalue weighted by molar-refractivity contribution is 5.71.